The van der Waals surface area contributed by atoms with Gasteiger partial charge in [-0.15, -0.1) is 22.7 Å². The Labute approximate surface area is 292 Å². The van der Waals surface area contributed by atoms with E-state index in [1.807, 2.05) is 20.1 Å². The average Bonchev–Trinajstić information content (AvgIpc) is 3.52. The summed E-state index contributed by atoms with van der Waals surface area (Å²) in [5, 5.41) is 11.0. The summed E-state index contributed by atoms with van der Waals surface area (Å²) < 4.78 is 7.27. The lowest BCUT2D eigenvalue weighted by Gasteiger charge is -2.22. The number of rotatable bonds is 9. The molecule has 0 unspecified atom stereocenters. The van der Waals surface area contributed by atoms with Crippen LogP contribution in [0.2, 0.25) is 0 Å². The van der Waals surface area contributed by atoms with Crippen molar-refractivity contribution >= 4 is 115 Å². The smallest absolute Gasteiger partial charge is 0.0872 e. The van der Waals surface area contributed by atoms with Crippen LogP contribution in [0, 0.1) is 11.8 Å². The summed E-state index contributed by atoms with van der Waals surface area (Å²) in [6, 6.07) is 6.90. The van der Waals surface area contributed by atoms with Crippen molar-refractivity contribution < 1.29 is 0 Å². The molecule has 0 atom stereocenters. The standard InChI is InChI=1S/C32H35Br2NS3.C2H6.H4N2S/c1-9-21(10-2)12-23-14-28(37-32(23)34)26-15-25-20(7)30(35-36-8)27(16-24(25)18(5)19(26)6)29-13-22(11-17(3)4)31(33)38-29;1-2;1-3-2/h13-17,21H,5-7,9-12H2,1-4,8H3;1-2H3;1-2H2/b35-30+;;. The predicted octanol–water partition coefficient (Wildman–Crippen LogP) is 10.8. The topological polar surface area (TPSA) is 64.4 Å². The minimum atomic E-state index is 0.593. The van der Waals surface area contributed by atoms with Gasteiger partial charge in [0.1, 0.15) is 0 Å². The van der Waals surface area contributed by atoms with E-state index in [9.17, 15) is 0 Å². The molecule has 1 aromatic carbocycles. The van der Waals surface area contributed by atoms with Crippen LogP contribution in [0.25, 0.3) is 40.8 Å². The summed E-state index contributed by atoms with van der Waals surface area (Å²) in [4.78, 5) is 2.43. The van der Waals surface area contributed by atoms with E-state index in [0.717, 1.165) is 69.0 Å². The zero-order chi connectivity index (χ0) is 32.4. The number of nitrogens with zero attached hydrogens (tertiary/aromatic N) is 1. The van der Waals surface area contributed by atoms with Crippen molar-refractivity contribution in [2.24, 2.45) is 26.5 Å². The van der Waals surface area contributed by atoms with Crippen LogP contribution in [-0.4, -0.2) is 12.0 Å². The van der Waals surface area contributed by atoms with Gasteiger partial charge in [-0.3, -0.25) is 10.3 Å². The van der Waals surface area contributed by atoms with Crippen LogP contribution in [0.3, 0.4) is 0 Å². The molecule has 4 N–H and O–H groups in total. The van der Waals surface area contributed by atoms with E-state index in [1.165, 1.54) is 53.2 Å². The highest BCUT2D eigenvalue weighted by atomic mass is 79.9. The fourth-order valence-electron chi connectivity index (χ4n) is 5.00. The number of allylic oxidation sites excluding steroid dienone is 2. The normalized spacial score (nSPS) is 13.5. The van der Waals surface area contributed by atoms with Crippen molar-refractivity contribution in [3.05, 3.63) is 69.9 Å². The Morgan fingerprint density at radius 3 is 1.93 bits per heavy atom. The highest BCUT2D eigenvalue weighted by molar-refractivity contribution is 9.11. The molecule has 0 saturated heterocycles. The van der Waals surface area contributed by atoms with E-state index >= 15 is 0 Å². The van der Waals surface area contributed by atoms with E-state index < -0.39 is 0 Å². The third-order valence-corrected chi connectivity index (χ3v) is 11.6. The third-order valence-electron chi connectivity index (χ3n) is 7.27. The molecule has 1 aliphatic carbocycles. The van der Waals surface area contributed by atoms with Gasteiger partial charge in [0.25, 0.3) is 0 Å². The molecule has 3 aromatic rings. The lowest BCUT2D eigenvalue weighted by molar-refractivity contribution is 0.490. The summed E-state index contributed by atoms with van der Waals surface area (Å²) >= 11 is 13.4. The molecule has 4 rings (SSSR count). The maximum atomic E-state index is 4.86. The van der Waals surface area contributed by atoms with E-state index in [-0.39, 0.29) is 0 Å². The zero-order valence-corrected chi connectivity index (χ0v) is 32.8. The van der Waals surface area contributed by atoms with Gasteiger partial charge in [0, 0.05) is 27.2 Å². The van der Waals surface area contributed by atoms with Crippen LogP contribution in [0.5, 0.6) is 0 Å². The van der Waals surface area contributed by atoms with Gasteiger partial charge in [0.2, 0.25) is 0 Å². The number of hydrogen-bond donors (Lipinski definition) is 2. The number of thiophene rings is 2. The Bertz CT molecular complexity index is 1560. The molecule has 9 heteroatoms. The van der Waals surface area contributed by atoms with Gasteiger partial charge < -0.3 is 0 Å². The second-order valence-corrected chi connectivity index (χ2v) is 16.0. The summed E-state index contributed by atoms with van der Waals surface area (Å²) in [5.41, 5.74) is 9.05. The van der Waals surface area contributed by atoms with Gasteiger partial charge >= 0.3 is 0 Å². The number of hydrogen-bond acceptors (Lipinski definition) is 7. The van der Waals surface area contributed by atoms with E-state index in [2.05, 4.69) is 114 Å². The molecule has 2 heterocycles. The zero-order valence-electron chi connectivity index (χ0n) is 26.4. The maximum absolute atomic E-state index is 4.86. The highest BCUT2D eigenvalue weighted by Gasteiger charge is 2.26. The van der Waals surface area contributed by atoms with E-state index in [0.29, 0.717) is 11.8 Å². The van der Waals surface area contributed by atoms with Gasteiger partial charge in [-0.2, -0.15) is 0 Å². The first-order chi connectivity index (χ1) is 20.5. The lowest BCUT2D eigenvalue weighted by atomic mass is 9.83. The Morgan fingerprint density at radius 1 is 0.860 bits per heavy atom. The fraction of sp³-hybridized carbons (Fsp3) is 0.382. The number of fused-ring (bicyclic) bond motifs is 1. The SMILES string of the molecule is C=C1/C(=N\SC)C(c2cc(CC(C)C)c(Br)s2)=Cc2c1cc(-c1cc(CC(CC)CC)c(Br)s1)c(=C)c2=C.CC.NSN. The second kappa shape index (κ2) is 18.3. The van der Waals surface area contributed by atoms with Crippen LogP contribution in [0.1, 0.15) is 81.5 Å². The van der Waals surface area contributed by atoms with E-state index in [4.69, 9.17) is 4.40 Å². The molecule has 0 fully saturated rings. The first-order valence-corrected chi connectivity index (χ1v) is 19.9. The molecule has 43 heavy (non-hydrogen) atoms. The number of halogens is 2. The van der Waals surface area contributed by atoms with Crippen LogP contribution in [0.15, 0.2) is 36.7 Å². The van der Waals surface area contributed by atoms with Gasteiger partial charge in [-0.25, -0.2) is 4.40 Å². The summed E-state index contributed by atoms with van der Waals surface area (Å²) in [5.74, 6) is 1.29. The molecule has 0 amide bonds. The first kappa shape index (κ1) is 38.3. The molecule has 3 nitrogen and oxygen atoms in total. The summed E-state index contributed by atoms with van der Waals surface area (Å²) in [6.45, 7) is 26.6. The average molecular weight is 784 g/mol. The quantitative estimate of drug-likeness (QED) is 0.212. The molecule has 0 saturated carbocycles. The molecule has 1 aliphatic rings. The Morgan fingerprint density at radius 2 is 1.40 bits per heavy atom. The highest BCUT2D eigenvalue weighted by Crippen LogP contribution is 2.42. The minimum Gasteiger partial charge on any atom is -0.265 e. The Kier molecular flexibility index (Phi) is 16.3. The van der Waals surface area contributed by atoms with Crippen molar-refractivity contribution in [2.75, 3.05) is 6.26 Å². The van der Waals surface area contributed by atoms with E-state index in [1.54, 1.807) is 22.7 Å². The van der Waals surface area contributed by atoms with Crippen molar-refractivity contribution in [1.82, 2.24) is 0 Å². The maximum Gasteiger partial charge on any atom is 0.0872 e. The summed E-state index contributed by atoms with van der Waals surface area (Å²) in [7, 11) is 0. The van der Waals surface area contributed by atoms with Gasteiger partial charge in [-0.1, -0.05) is 74.1 Å². The van der Waals surface area contributed by atoms with Crippen molar-refractivity contribution in [2.45, 2.75) is 67.2 Å². The van der Waals surface area contributed by atoms with Crippen molar-refractivity contribution in [1.29, 1.82) is 0 Å². The lowest BCUT2D eigenvalue weighted by Crippen LogP contribution is -2.30. The molecule has 0 bridgehead atoms. The summed E-state index contributed by atoms with van der Waals surface area (Å²) in [6.07, 6.45) is 8.78. The molecule has 0 aliphatic heterocycles. The Balaban J connectivity index is 0.00000121. The minimum absolute atomic E-state index is 0.593. The van der Waals surface area contributed by atoms with Crippen LogP contribution >= 0.6 is 78.6 Å². The van der Waals surface area contributed by atoms with Gasteiger partial charge in [0.05, 0.1) is 13.3 Å². The van der Waals surface area contributed by atoms with Crippen LogP contribution in [0.4, 0.5) is 0 Å². The van der Waals surface area contributed by atoms with Gasteiger partial charge in [-0.05, 0) is 143 Å². The number of nitrogens with two attached hydrogens (primary N) is 2. The molecule has 2 aromatic heterocycles. The second-order valence-electron chi connectivity index (χ2n) is 10.4. The van der Waals surface area contributed by atoms with Crippen LogP contribution in [-0.2, 0) is 12.8 Å². The van der Waals surface area contributed by atoms with Crippen LogP contribution < -0.4 is 20.7 Å². The molecule has 0 spiro atoms. The fourth-order valence-corrected chi connectivity index (χ4v) is 8.89. The molecule has 234 valence electrons. The molecular formula is C34H45Br2N3S4. The third kappa shape index (κ3) is 9.32. The van der Waals surface area contributed by atoms with Crippen molar-refractivity contribution in [3.63, 3.8) is 0 Å². The largest absolute Gasteiger partial charge is 0.265 e. The van der Waals surface area contributed by atoms with Gasteiger partial charge in [0.15, 0.2) is 0 Å². The predicted molar refractivity (Wildman–Crippen MR) is 211 cm³/mol. The molecular weight excluding hydrogens is 738 g/mol. The monoisotopic (exact) mass is 781 g/mol. The first-order valence-electron chi connectivity index (χ1n) is 14.5. The van der Waals surface area contributed by atoms with Crippen molar-refractivity contribution in [3.8, 4) is 10.4 Å². The number of benzene rings is 1. The molecule has 0 radical (unpaired) electrons. The Hall–Kier alpha value is -0.910.